The van der Waals surface area contributed by atoms with Crippen molar-refractivity contribution in [3.63, 3.8) is 0 Å². The highest BCUT2D eigenvalue weighted by atomic mass is 19.1. The van der Waals surface area contributed by atoms with Crippen molar-refractivity contribution in [3.8, 4) is 11.5 Å². The summed E-state index contributed by atoms with van der Waals surface area (Å²) >= 11 is 0. The molecule has 5 rings (SSSR count). The molecule has 35 heavy (non-hydrogen) atoms. The van der Waals surface area contributed by atoms with Crippen LogP contribution in [0.1, 0.15) is 35.4 Å². The molecule has 1 unspecified atom stereocenters. The minimum absolute atomic E-state index is 0.0416. The highest BCUT2D eigenvalue weighted by molar-refractivity contribution is 5.91. The molecule has 4 nitrogen and oxygen atoms in total. The van der Waals surface area contributed by atoms with Gasteiger partial charge in [-0.25, -0.2) is 4.39 Å². The van der Waals surface area contributed by atoms with E-state index in [1.165, 1.54) is 12.1 Å². The monoisotopic (exact) mass is 467 g/mol. The van der Waals surface area contributed by atoms with Gasteiger partial charge in [0.15, 0.2) is 11.5 Å². The standard InChI is InChI=1S/C30H26FNO3/c1-21(33)32(26-15-13-25(31)14-16-26)19-27(24-12-17-28-29(18-24)35-20-34-28)30(22-8-4-2-5-9-22)23-10-6-3-7-11-23/h2-18,27,30H,19-20H2,1H3. The van der Waals surface area contributed by atoms with Crippen LogP contribution in [-0.2, 0) is 4.79 Å². The maximum Gasteiger partial charge on any atom is 0.231 e. The molecule has 0 aromatic heterocycles. The van der Waals surface area contributed by atoms with Crippen LogP contribution in [0.5, 0.6) is 11.5 Å². The molecule has 1 atom stereocenters. The van der Waals surface area contributed by atoms with Gasteiger partial charge in [0.05, 0.1) is 0 Å². The molecule has 0 aliphatic carbocycles. The Labute approximate surface area is 204 Å². The number of anilines is 1. The van der Waals surface area contributed by atoms with Gasteiger partial charge in [0.25, 0.3) is 0 Å². The van der Waals surface area contributed by atoms with Crippen molar-refractivity contribution in [1.29, 1.82) is 0 Å². The third kappa shape index (κ3) is 4.90. The van der Waals surface area contributed by atoms with Crippen LogP contribution in [0.4, 0.5) is 10.1 Å². The van der Waals surface area contributed by atoms with Gasteiger partial charge in [-0.2, -0.15) is 0 Å². The smallest absolute Gasteiger partial charge is 0.231 e. The lowest BCUT2D eigenvalue weighted by molar-refractivity contribution is -0.116. The van der Waals surface area contributed by atoms with E-state index in [1.807, 2.05) is 54.6 Å². The van der Waals surface area contributed by atoms with Gasteiger partial charge in [-0.15, -0.1) is 0 Å². The zero-order chi connectivity index (χ0) is 24.2. The summed E-state index contributed by atoms with van der Waals surface area (Å²) in [5.74, 6) is 0.801. The van der Waals surface area contributed by atoms with Crippen molar-refractivity contribution in [2.45, 2.75) is 18.8 Å². The molecule has 1 heterocycles. The molecule has 1 aliphatic heterocycles. The van der Waals surface area contributed by atoms with Crippen molar-refractivity contribution in [2.75, 3.05) is 18.2 Å². The first-order chi connectivity index (χ1) is 17.1. The number of rotatable bonds is 7. The first kappa shape index (κ1) is 22.7. The fourth-order valence-electron chi connectivity index (χ4n) is 4.76. The molecule has 0 saturated heterocycles. The van der Waals surface area contributed by atoms with Gasteiger partial charge >= 0.3 is 0 Å². The Hall–Kier alpha value is -4.12. The van der Waals surface area contributed by atoms with Crippen LogP contribution in [0.25, 0.3) is 0 Å². The number of hydrogen-bond acceptors (Lipinski definition) is 3. The van der Waals surface area contributed by atoms with E-state index < -0.39 is 0 Å². The summed E-state index contributed by atoms with van der Waals surface area (Å²) < 4.78 is 24.9. The molecule has 1 amide bonds. The lowest BCUT2D eigenvalue weighted by atomic mass is 9.76. The zero-order valence-corrected chi connectivity index (χ0v) is 19.4. The highest BCUT2D eigenvalue weighted by Crippen LogP contribution is 2.43. The molecule has 0 bridgehead atoms. The van der Waals surface area contributed by atoms with Crippen molar-refractivity contribution in [1.82, 2.24) is 0 Å². The maximum absolute atomic E-state index is 13.6. The van der Waals surface area contributed by atoms with Crippen molar-refractivity contribution < 1.29 is 18.7 Å². The molecule has 5 heteroatoms. The number of benzene rings is 4. The third-order valence-corrected chi connectivity index (χ3v) is 6.44. The minimum Gasteiger partial charge on any atom is -0.454 e. The number of ether oxygens (including phenoxy) is 2. The lowest BCUT2D eigenvalue weighted by Crippen LogP contribution is -2.35. The van der Waals surface area contributed by atoms with Crippen LogP contribution in [-0.4, -0.2) is 19.2 Å². The van der Waals surface area contributed by atoms with E-state index in [4.69, 9.17) is 9.47 Å². The second-order valence-electron chi connectivity index (χ2n) is 8.62. The van der Waals surface area contributed by atoms with E-state index in [0.717, 1.165) is 16.7 Å². The van der Waals surface area contributed by atoms with Gasteiger partial charge in [0.1, 0.15) is 5.82 Å². The normalized spacial score (nSPS) is 13.0. The van der Waals surface area contributed by atoms with E-state index in [-0.39, 0.29) is 30.4 Å². The highest BCUT2D eigenvalue weighted by Gasteiger charge is 2.31. The molecule has 4 aromatic carbocycles. The summed E-state index contributed by atoms with van der Waals surface area (Å²) in [6, 6.07) is 32.6. The molecular weight excluding hydrogens is 441 g/mol. The first-order valence-electron chi connectivity index (χ1n) is 11.6. The number of hydrogen-bond donors (Lipinski definition) is 0. The van der Waals surface area contributed by atoms with Gasteiger partial charge in [0.2, 0.25) is 12.7 Å². The third-order valence-electron chi connectivity index (χ3n) is 6.44. The van der Waals surface area contributed by atoms with Crippen molar-refractivity contribution >= 4 is 11.6 Å². The first-order valence-corrected chi connectivity index (χ1v) is 11.6. The largest absolute Gasteiger partial charge is 0.454 e. The summed E-state index contributed by atoms with van der Waals surface area (Å²) in [5, 5.41) is 0. The van der Waals surface area contributed by atoms with Gasteiger partial charge < -0.3 is 14.4 Å². The lowest BCUT2D eigenvalue weighted by Gasteiger charge is -2.33. The van der Waals surface area contributed by atoms with E-state index in [9.17, 15) is 9.18 Å². The quantitative estimate of drug-likeness (QED) is 0.310. The maximum atomic E-state index is 13.6. The molecule has 4 aromatic rings. The zero-order valence-electron chi connectivity index (χ0n) is 19.4. The summed E-state index contributed by atoms with van der Waals surface area (Å²) in [5.41, 5.74) is 3.97. The summed E-state index contributed by atoms with van der Waals surface area (Å²) in [7, 11) is 0. The Morgan fingerprint density at radius 2 is 1.40 bits per heavy atom. The van der Waals surface area contributed by atoms with E-state index in [2.05, 4.69) is 24.3 Å². The molecule has 0 saturated carbocycles. The van der Waals surface area contributed by atoms with Crippen LogP contribution in [0.2, 0.25) is 0 Å². The van der Waals surface area contributed by atoms with Crippen LogP contribution in [0.3, 0.4) is 0 Å². The van der Waals surface area contributed by atoms with Gasteiger partial charge in [-0.1, -0.05) is 66.7 Å². The molecule has 0 fully saturated rings. The molecule has 0 spiro atoms. The summed E-state index contributed by atoms with van der Waals surface area (Å²) in [6.45, 7) is 2.13. The fraction of sp³-hybridized carbons (Fsp3) is 0.167. The Balaban J connectivity index is 1.65. The van der Waals surface area contributed by atoms with Gasteiger partial charge in [-0.3, -0.25) is 4.79 Å². The van der Waals surface area contributed by atoms with Crippen LogP contribution < -0.4 is 14.4 Å². The van der Waals surface area contributed by atoms with Crippen molar-refractivity contribution in [2.24, 2.45) is 0 Å². The second kappa shape index (κ2) is 10.0. The predicted octanol–water partition coefficient (Wildman–Crippen LogP) is 6.52. The molecule has 1 aliphatic rings. The number of amides is 1. The molecule has 0 radical (unpaired) electrons. The Kier molecular flexibility index (Phi) is 6.49. The number of carbonyl (C=O) groups is 1. The average Bonchev–Trinajstić information content (AvgIpc) is 3.36. The summed E-state index contributed by atoms with van der Waals surface area (Å²) in [6.07, 6.45) is 0. The SMILES string of the molecule is CC(=O)N(CC(c1ccc2c(c1)OCO2)C(c1ccccc1)c1ccccc1)c1ccc(F)cc1. The number of carbonyl (C=O) groups excluding carboxylic acids is 1. The predicted molar refractivity (Wildman–Crippen MR) is 134 cm³/mol. The molecule has 176 valence electrons. The second-order valence-corrected chi connectivity index (χ2v) is 8.62. The Morgan fingerprint density at radius 1 is 0.800 bits per heavy atom. The number of nitrogens with zero attached hydrogens (tertiary/aromatic N) is 1. The van der Waals surface area contributed by atoms with E-state index in [1.54, 1.807) is 24.0 Å². The van der Waals surface area contributed by atoms with Crippen LogP contribution in [0.15, 0.2) is 103 Å². The van der Waals surface area contributed by atoms with Crippen LogP contribution >= 0.6 is 0 Å². The topological polar surface area (TPSA) is 38.8 Å². The van der Waals surface area contributed by atoms with Crippen LogP contribution in [0, 0.1) is 5.82 Å². The van der Waals surface area contributed by atoms with E-state index >= 15 is 0 Å². The summed E-state index contributed by atoms with van der Waals surface area (Å²) in [4.78, 5) is 14.6. The van der Waals surface area contributed by atoms with Crippen molar-refractivity contribution in [3.05, 3.63) is 126 Å². The average molecular weight is 468 g/mol. The van der Waals surface area contributed by atoms with Gasteiger partial charge in [-0.05, 0) is 53.1 Å². The van der Waals surface area contributed by atoms with E-state index in [0.29, 0.717) is 23.7 Å². The molecular formula is C30H26FNO3. The minimum atomic E-state index is -0.337. The van der Waals surface area contributed by atoms with Gasteiger partial charge in [0, 0.05) is 31.0 Å². The fourth-order valence-corrected chi connectivity index (χ4v) is 4.76. The number of halogens is 1. The molecule has 0 N–H and O–H groups in total. The Bertz CT molecular complexity index is 1250. The number of fused-ring (bicyclic) bond motifs is 1. The Morgan fingerprint density at radius 3 is 2.00 bits per heavy atom.